The zero-order valence-electron chi connectivity index (χ0n) is 13.7. The van der Waals surface area contributed by atoms with E-state index in [4.69, 9.17) is 4.74 Å². The van der Waals surface area contributed by atoms with Crippen LogP contribution in [0.3, 0.4) is 0 Å². The van der Waals surface area contributed by atoms with E-state index in [0.717, 1.165) is 0 Å². The lowest BCUT2D eigenvalue weighted by Gasteiger charge is -2.31. The molecule has 1 saturated heterocycles. The summed E-state index contributed by atoms with van der Waals surface area (Å²) in [6, 6.07) is 13.5. The molecule has 1 N–H and O–H groups in total. The van der Waals surface area contributed by atoms with Crippen LogP contribution in [0.15, 0.2) is 54.6 Å². The Bertz CT molecular complexity index is 728. The largest absolute Gasteiger partial charge is 0.378 e. The first-order valence-corrected chi connectivity index (χ1v) is 8.13. The van der Waals surface area contributed by atoms with Crippen molar-refractivity contribution in [2.75, 3.05) is 26.3 Å². The number of rotatable bonds is 4. The van der Waals surface area contributed by atoms with Crippen molar-refractivity contribution in [1.29, 1.82) is 0 Å². The molecule has 2 aromatic carbocycles. The van der Waals surface area contributed by atoms with Crippen LogP contribution in [0.1, 0.15) is 22.0 Å². The highest BCUT2D eigenvalue weighted by Crippen LogP contribution is 2.18. The maximum atomic E-state index is 13.0. The third-order valence-corrected chi connectivity index (χ3v) is 4.08. The van der Waals surface area contributed by atoms with Crippen LogP contribution in [-0.2, 0) is 9.53 Å². The van der Waals surface area contributed by atoms with Crippen molar-refractivity contribution in [2.45, 2.75) is 6.04 Å². The van der Waals surface area contributed by atoms with Crippen LogP contribution >= 0.6 is 0 Å². The second kappa shape index (κ2) is 7.90. The average molecular weight is 342 g/mol. The summed E-state index contributed by atoms with van der Waals surface area (Å²) in [4.78, 5) is 27.1. The lowest BCUT2D eigenvalue weighted by molar-refractivity contribution is -0.137. The number of ether oxygens (including phenoxy) is 1. The van der Waals surface area contributed by atoms with Crippen LogP contribution in [0.25, 0.3) is 0 Å². The Morgan fingerprint density at radius 1 is 1.00 bits per heavy atom. The number of morpholine rings is 1. The predicted molar refractivity (Wildman–Crippen MR) is 90.4 cm³/mol. The zero-order chi connectivity index (χ0) is 17.6. The summed E-state index contributed by atoms with van der Waals surface area (Å²) in [6.07, 6.45) is 0. The minimum Gasteiger partial charge on any atom is -0.378 e. The molecule has 6 heteroatoms. The third-order valence-electron chi connectivity index (χ3n) is 4.08. The Hall–Kier alpha value is -2.73. The number of hydrogen-bond acceptors (Lipinski definition) is 3. The van der Waals surface area contributed by atoms with Crippen molar-refractivity contribution in [1.82, 2.24) is 10.2 Å². The van der Waals surface area contributed by atoms with Gasteiger partial charge < -0.3 is 15.0 Å². The summed E-state index contributed by atoms with van der Waals surface area (Å²) in [5, 5.41) is 2.77. The summed E-state index contributed by atoms with van der Waals surface area (Å²) in [6.45, 7) is 1.96. The second-order valence-corrected chi connectivity index (χ2v) is 5.76. The molecular weight excluding hydrogens is 323 g/mol. The van der Waals surface area contributed by atoms with Crippen molar-refractivity contribution in [3.8, 4) is 0 Å². The van der Waals surface area contributed by atoms with Gasteiger partial charge in [-0.1, -0.05) is 30.3 Å². The Morgan fingerprint density at radius 3 is 2.28 bits per heavy atom. The third kappa shape index (κ3) is 4.22. The topological polar surface area (TPSA) is 58.6 Å². The number of amides is 2. The fourth-order valence-electron chi connectivity index (χ4n) is 2.72. The molecule has 0 bridgehead atoms. The van der Waals surface area contributed by atoms with Gasteiger partial charge in [-0.2, -0.15) is 0 Å². The Balaban J connectivity index is 1.82. The molecule has 1 aliphatic heterocycles. The molecule has 0 unspecified atom stereocenters. The smallest absolute Gasteiger partial charge is 0.252 e. The molecule has 0 saturated carbocycles. The van der Waals surface area contributed by atoms with Crippen LogP contribution in [0.4, 0.5) is 4.39 Å². The Labute approximate surface area is 145 Å². The van der Waals surface area contributed by atoms with E-state index in [2.05, 4.69) is 5.32 Å². The molecule has 130 valence electrons. The van der Waals surface area contributed by atoms with Gasteiger partial charge in [0.1, 0.15) is 11.9 Å². The highest BCUT2D eigenvalue weighted by atomic mass is 19.1. The Kier molecular flexibility index (Phi) is 5.40. The summed E-state index contributed by atoms with van der Waals surface area (Å²) >= 11 is 0. The van der Waals surface area contributed by atoms with Gasteiger partial charge in [0.2, 0.25) is 5.91 Å². The van der Waals surface area contributed by atoms with E-state index in [9.17, 15) is 14.0 Å². The summed E-state index contributed by atoms with van der Waals surface area (Å²) in [5.41, 5.74) is 1.01. The fraction of sp³-hybridized carbons (Fsp3) is 0.263. The van der Waals surface area contributed by atoms with Gasteiger partial charge >= 0.3 is 0 Å². The van der Waals surface area contributed by atoms with Crippen molar-refractivity contribution in [3.05, 3.63) is 71.5 Å². The first-order valence-electron chi connectivity index (χ1n) is 8.13. The molecule has 1 aliphatic rings. The minimum absolute atomic E-state index is 0.176. The summed E-state index contributed by atoms with van der Waals surface area (Å²) < 4.78 is 18.3. The maximum Gasteiger partial charge on any atom is 0.252 e. The van der Waals surface area contributed by atoms with Gasteiger partial charge in [-0.05, 0) is 29.8 Å². The highest BCUT2D eigenvalue weighted by molar-refractivity contribution is 5.97. The molecule has 1 fully saturated rings. The van der Waals surface area contributed by atoms with E-state index in [1.165, 1.54) is 24.3 Å². The number of nitrogens with one attached hydrogen (secondary N) is 1. The lowest BCUT2D eigenvalue weighted by atomic mass is 10.0. The fourth-order valence-corrected chi connectivity index (χ4v) is 2.72. The minimum atomic E-state index is -0.795. The monoisotopic (exact) mass is 342 g/mol. The SMILES string of the molecule is O=C(N[C@H](C(=O)N1CCOCC1)c1ccccc1)c1ccc(F)cc1. The standard InChI is InChI=1S/C19H19FN2O3/c20-16-8-6-15(7-9-16)18(23)21-17(14-4-2-1-3-5-14)19(24)22-10-12-25-13-11-22/h1-9,17H,10-13H2,(H,21,23)/t17-/m0/s1. The number of nitrogens with zero attached hydrogens (tertiary/aromatic N) is 1. The van der Waals surface area contributed by atoms with E-state index in [1.54, 1.807) is 17.0 Å². The van der Waals surface area contributed by atoms with Crippen molar-refractivity contribution in [3.63, 3.8) is 0 Å². The number of carbonyl (C=O) groups is 2. The lowest BCUT2D eigenvalue weighted by Crippen LogP contribution is -2.47. The van der Waals surface area contributed by atoms with Gasteiger partial charge in [0.15, 0.2) is 0 Å². The highest BCUT2D eigenvalue weighted by Gasteiger charge is 2.28. The molecule has 2 amide bonds. The van der Waals surface area contributed by atoms with Gasteiger partial charge in [-0.3, -0.25) is 9.59 Å². The molecule has 0 aromatic heterocycles. The number of carbonyl (C=O) groups excluding carboxylic acids is 2. The first kappa shape index (κ1) is 17.1. The van der Waals surface area contributed by atoms with Gasteiger partial charge in [0.05, 0.1) is 13.2 Å². The number of halogens is 1. The van der Waals surface area contributed by atoms with E-state index < -0.39 is 17.8 Å². The second-order valence-electron chi connectivity index (χ2n) is 5.76. The summed E-state index contributed by atoms with van der Waals surface area (Å²) in [5.74, 6) is -1.01. The number of hydrogen-bond donors (Lipinski definition) is 1. The molecule has 2 aromatic rings. The van der Waals surface area contributed by atoms with Crippen LogP contribution in [-0.4, -0.2) is 43.0 Å². The zero-order valence-corrected chi connectivity index (χ0v) is 13.7. The van der Waals surface area contributed by atoms with Crippen LogP contribution < -0.4 is 5.32 Å². The van der Waals surface area contributed by atoms with Gasteiger partial charge in [-0.25, -0.2) is 4.39 Å². The molecule has 0 aliphatic carbocycles. The number of benzene rings is 2. The van der Waals surface area contributed by atoms with Crippen LogP contribution in [0.2, 0.25) is 0 Å². The van der Waals surface area contributed by atoms with Crippen LogP contribution in [0.5, 0.6) is 0 Å². The van der Waals surface area contributed by atoms with Crippen molar-refractivity contribution >= 4 is 11.8 Å². The molecule has 1 heterocycles. The molecular formula is C19H19FN2O3. The van der Waals surface area contributed by atoms with E-state index >= 15 is 0 Å². The molecule has 1 atom stereocenters. The molecule has 3 rings (SSSR count). The Morgan fingerprint density at radius 2 is 1.64 bits per heavy atom. The molecule has 25 heavy (non-hydrogen) atoms. The van der Waals surface area contributed by atoms with Crippen molar-refractivity contribution < 1.29 is 18.7 Å². The average Bonchev–Trinajstić information content (AvgIpc) is 2.67. The summed E-state index contributed by atoms with van der Waals surface area (Å²) in [7, 11) is 0. The van der Waals surface area contributed by atoms with Crippen LogP contribution in [0, 0.1) is 5.82 Å². The molecule has 5 nitrogen and oxygen atoms in total. The van der Waals surface area contributed by atoms with E-state index in [1.807, 2.05) is 18.2 Å². The normalized spacial score (nSPS) is 15.5. The van der Waals surface area contributed by atoms with Gasteiger partial charge in [0, 0.05) is 18.7 Å². The maximum absolute atomic E-state index is 13.0. The predicted octanol–water partition coefficient (Wildman–Crippen LogP) is 2.16. The molecule has 0 spiro atoms. The van der Waals surface area contributed by atoms with Gasteiger partial charge in [0.25, 0.3) is 5.91 Å². The quantitative estimate of drug-likeness (QED) is 0.926. The first-order chi connectivity index (χ1) is 12.1. The van der Waals surface area contributed by atoms with Crippen molar-refractivity contribution in [2.24, 2.45) is 0 Å². The van der Waals surface area contributed by atoms with E-state index in [-0.39, 0.29) is 5.91 Å². The van der Waals surface area contributed by atoms with Gasteiger partial charge in [-0.15, -0.1) is 0 Å². The van der Waals surface area contributed by atoms with E-state index in [0.29, 0.717) is 37.4 Å². The molecule has 0 radical (unpaired) electrons.